The number of carbonyl (C=O) groups excluding carboxylic acids is 1. The van der Waals surface area contributed by atoms with E-state index in [2.05, 4.69) is 10.4 Å². The molecule has 23 heavy (non-hydrogen) atoms. The number of thiophene rings is 1. The van der Waals surface area contributed by atoms with E-state index < -0.39 is 0 Å². The third kappa shape index (κ3) is 3.78. The molecule has 0 spiro atoms. The molecule has 0 aliphatic carbocycles. The Morgan fingerprint density at radius 1 is 1.26 bits per heavy atom. The molecule has 0 saturated carbocycles. The van der Waals surface area contributed by atoms with Crippen LogP contribution in [-0.4, -0.2) is 22.8 Å². The summed E-state index contributed by atoms with van der Waals surface area (Å²) in [6, 6.07) is 13.4. The standard InChI is InChI=1S/C17H17N3O2S/c1-22-15-7-3-2-5-13(15)11-17(21)19-16-8-9-18-20(16)12-14-6-4-10-23-14/h2-10H,11-12H2,1H3,(H,19,21). The lowest BCUT2D eigenvalue weighted by Crippen LogP contribution is -2.18. The number of anilines is 1. The Hall–Kier alpha value is -2.60. The smallest absolute Gasteiger partial charge is 0.230 e. The van der Waals surface area contributed by atoms with Crippen LogP contribution in [0.3, 0.4) is 0 Å². The molecular formula is C17H17N3O2S. The van der Waals surface area contributed by atoms with E-state index in [4.69, 9.17) is 4.74 Å². The molecule has 0 saturated heterocycles. The zero-order chi connectivity index (χ0) is 16.1. The van der Waals surface area contributed by atoms with Crippen molar-refractivity contribution < 1.29 is 9.53 Å². The average molecular weight is 327 g/mol. The van der Waals surface area contributed by atoms with Crippen LogP contribution in [0.1, 0.15) is 10.4 Å². The van der Waals surface area contributed by atoms with E-state index in [-0.39, 0.29) is 12.3 Å². The van der Waals surface area contributed by atoms with Gasteiger partial charge in [-0.05, 0) is 17.5 Å². The maximum absolute atomic E-state index is 12.3. The number of nitrogens with zero attached hydrogens (tertiary/aromatic N) is 2. The minimum absolute atomic E-state index is 0.0950. The fraction of sp³-hybridized carbons (Fsp3) is 0.176. The molecule has 0 aliphatic rings. The number of benzene rings is 1. The molecule has 3 aromatic rings. The first-order valence-corrected chi connectivity index (χ1v) is 8.10. The maximum Gasteiger partial charge on any atom is 0.230 e. The van der Waals surface area contributed by atoms with Crippen molar-refractivity contribution in [1.82, 2.24) is 9.78 Å². The molecule has 0 unspecified atom stereocenters. The Kier molecular flexibility index (Phi) is 4.73. The van der Waals surface area contributed by atoms with Crippen LogP contribution in [0.4, 0.5) is 5.82 Å². The number of hydrogen-bond acceptors (Lipinski definition) is 4. The largest absolute Gasteiger partial charge is 0.496 e. The van der Waals surface area contributed by atoms with Crippen molar-refractivity contribution in [3.8, 4) is 5.75 Å². The number of para-hydroxylation sites is 1. The van der Waals surface area contributed by atoms with E-state index in [1.807, 2.05) is 41.8 Å². The van der Waals surface area contributed by atoms with Crippen LogP contribution in [0.25, 0.3) is 0 Å². The lowest BCUT2D eigenvalue weighted by Gasteiger charge is -2.10. The molecule has 3 rings (SSSR count). The molecule has 1 aromatic carbocycles. The molecule has 0 aliphatic heterocycles. The van der Waals surface area contributed by atoms with Gasteiger partial charge in [0.15, 0.2) is 0 Å². The van der Waals surface area contributed by atoms with Gasteiger partial charge in [0.1, 0.15) is 11.6 Å². The number of rotatable bonds is 6. The molecule has 0 bridgehead atoms. The fourth-order valence-corrected chi connectivity index (χ4v) is 3.01. The van der Waals surface area contributed by atoms with Gasteiger partial charge in [-0.15, -0.1) is 11.3 Å². The van der Waals surface area contributed by atoms with Gasteiger partial charge in [0.25, 0.3) is 0 Å². The average Bonchev–Trinajstić information content (AvgIpc) is 3.21. The molecular weight excluding hydrogens is 310 g/mol. The van der Waals surface area contributed by atoms with Crippen molar-refractivity contribution in [2.75, 3.05) is 12.4 Å². The van der Waals surface area contributed by atoms with Gasteiger partial charge in [0.05, 0.1) is 26.3 Å². The van der Waals surface area contributed by atoms with E-state index >= 15 is 0 Å². The molecule has 0 radical (unpaired) electrons. The van der Waals surface area contributed by atoms with E-state index in [9.17, 15) is 4.79 Å². The number of hydrogen-bond donors (Lipinski definition) is 1. The minimum Gasteiger partial charge on any atom is -0.496 e. The topological polar surface area (TPSA) is 56.1 Å². The van der Waals surface area contributed by atoms with E-state index in [1.54, 1.807) is 35.4 Å². The van der Waals surface area contributed by atoms with Gasteiger partial charge in [-0.2, -0.15) is 5.10 Å². The second-order valence-electron chi connectivity index (χ2n) is 4.99. The quantitative estimate of drug-likeness (QED) is 0.756. The van der Waals surface area contributed by atoms with Crippen LogP contribution < -0.4 is 10.1 Å². The van der Waals surface area contributed by atoms with Crippen LogP contribution in [0.15, 0.2) is 54.0 Å². The van der Waals surface area contributed by atoms with Crippen LogP contribution in [0, 0.1) is 0 Å². The van der Waals surface area contributed by atoms with E-state index in [0.717, 1.165) is 11.3 Å². The maximum atomic E-state index is 12.3. The summed E-state index contributed by atoms with van der Waals surface area (Å²) in [5.74, 6) is 1.32. The highest BCUT2D eigenvalue weighted by Crippen LogP contribution is 2.19. The van der Waals surface area contributed by atoms with Crippen LogP contribution in [0.2, 0.25) is 0 Å². The summed E-state index contributed by atoms with van der Waals surface area (Å²) in [5, 5.41) is 9.21. The summed E-state index contributed by atoms with van der Waals surface area (Å²) in [5.41, 5.74) is 0.858. The SMILES string of the molecule is COc1ccccc1CC(=O)Nc1ccnn1Cc1cccs1. The summed E-state index contributed by atoms with van der Waals surface area (Å²) in [7, 11) is 1.60. The first-order valence-electron chi connectivity index (χ1n) is 7.22. The zero-order valence-corrected chi connectivity index (χ0v) is 13.5. The Labute approximate surface area is 138 Å². The van der Waals surface area contributed by atoms with Gasteiger partial charge in [0.2, 0.25) is 5.91 Å². The summed E-state index contributed by atoms with van der Waals surface area (Å²) in [4.78, 5) is 13.5. The van der Waals surface area contributed by atoms with Crippen molar-refractivity contribution in [1.29, 1.82) is 0 Å². The highest BCUT2D eigenvalue weighted by Gasteiger charge is 2.11. The fourth-order valence-electron chi connectivity index (χ4n) is 2.32. The minimum atomic E-state index is -0.0950. The third-order valence-electron chi connectivity index (χ3n) is 3.41. The molecule has 5 nitrogen and oxygen atoms in total. The van der Waals surface area contributed by atoms with E-state index in [1.165, 1.54) is 4.88 Å². The lowest BCUT2D eigenvalue weighted by molar-refractivity contribution is -0.115. The normalized spacial score (nSPS) is 10.5. The van der Waals surface area contributed by atoms with Crippen molar-refractivity contribution in [3.63, 3.8) is 0 Å². The Bertz CT molecular complexity index is 781. The molecule has 118 valence electrons. The second kappa shape index (κ2) is 7.11. The van der Waals surface area contributed by atoms with Gasteiger partial charge >= 0.3 is 0 Å². The molecule has 1 amide bonds. The van der Waals surface area contributed by atoms with Crippen LogP contribution in [0.5, 0.6) is 5.75 Å². The third-order valence-corrected chi connectivity index (χ3v) is 4.27. The zero-order valence-electron chi connectivity index (χ0n) is 12.7. The highest BCUT2D eigenvalue weighted by molar-refractivity contribution is 7.09. The number of amides is 1. The Morgan fingerprint density at radius 3 is 2.91 bits per heavy atom. The second-order valence-corrected chi connectivity index (χ2v) is 6.02. The number of carbonyl (C=O) groups is 1. The van der Waals surface area contributed by atoms with Gasteiger partial charge < -0.3 is 10.1 Å². The molecule has 2 aromatic heterocycles. The summed E-state index contributed by atoms with van der Waals surface area (Å²) in [6.07, 6.45) is 1.94. The molecule has 0 fully saturated rings. The molecule has 6 heteroatoms. The molecule has 2 heterocycles. The number of aromatic nitrogens is 2. The predicted octanol–water partition coefficient (Wildman–Crippen LogP) is 3.18. The number of ether oxygens (including phenoxy) is 1. The van der Waals surface area contributed by atoms with Crippen LogP contribution >= 0.6 is 11.3 Å². The van der Waals surface area contributed by atoms with Crippen molar-refractivity contribution in [3.05, 3.63) is 64.5 Å². The predicted molar refractivity (Wildman–Crippen MR) is 91.0 cm³/mol. The van der Waals surface area contributed by atoms with E-state index in [0.29, 0.717) is 12.4 Å². The van der Waals surface area contributed by atoms with Gasteiger partial charge in [-0.1, -0.05) is 24.3 Å². The number of nitrogens with one attached hydrogen (secondary N) is 1. The Balaban J connectivity index is 1.68. The lowest BCUT2D eigenvalue weighted by atomic mass is 10.1. The van der Waals surface area contributed by atoms with Crippen molar-refractivity contribution in [2.45, 2.75) is 13.0 Å². The first kappa shape index (κ1) is 15.3. The summed E-state index contributed by atoms with van der Waals surface area (Å²) in [6.45, 7) is 0.648. The monoisotopic (exact) mass is 327 g/mol. The van der Waals surface area contributed by atoms with Gasteiger partial charge in [0, 0.05) is 16.5 Å². The number of methoxy groups -OCH3 is 1. The van der Waals surface area contributed by atoms with Crippen molar-refractivity contribution in [2.24, 2.45) is 0 Å². The molecule has 1 N–H and O–H groups in total. The van der Waals surface area contributed by atoms with Gasteiger partial charge in [-0.3, -0.25) is 4.79 Å². The first-order chi connectivity index (χ1) is 11.3. The van der Waals surface area contributed by atoms with Gasteiger partial charge in [-0.25, -0.2) is 4.68 Å². The van der Waals surface area contributed by atoms with Crippen LogP contribution in [-0.2, 0) is 17.8 Å². The molecule has 0 atom stereocenters. The Morgan fingerprint density at radius 2 is 2.13 bits per heavy atom. The highest BCUT2D eigenvalue weighted by atomic mass is 32.1. The summed E-state index contributed by atoms with van der Waals surface area (Å²) >= 11 is 1.67. The summed E-state index contributed by atoms with van der Waals surface area (Å²) < 4.78 is 7.06. The van der Waals surface area contributed by atoms with Crippen molar-refractivity contribution >= 4 is 23.1 Å².